The number of hydrogen-bond acceptors (Lipinski definition) is 7. The minimum atomic E-state index is -1.15. The summed E-state index contributed by atoms with van der Waals surface area (Å²) in [5, 5.41) is 17.3. The molecule has 12 heteroatoms. The average molecular weight is 482 g/mol. The summed E-state index contributed by atoms with van der Waals surface area (Å²) >= 11 is 0. The van der Waals surface area contributed by atoms with Crippen LogP contribution < -0.4 is 27.4 Å². The fraction of sp³-hybridized carbons (Fsp3) is 0.682. The third kappa shape index (κ3) is 9.48. The molecular weight excluding hydrogens is 442 g/mol. The maximum Gasteiger partial charge on any atom is 0.326 e. The van der Waals surface area contributed by atoms with Gasteiger partial charge in [0.2, 0.25) is 17.7 Å². The van der Waals surface area contributed by atoms with Crippen LogP contribution in [-0.4, -0.2) is 69.5 Å². The highest BCUT2D eigenvalue weighted by Crippen LogP contribution is 2.09. The number of hydrogen-bond donors (Lipinski definition) is 7. The Kier molecular flexibility index (Phi) is 12.2. The third-order valence-corrected chi connectivity index (χ3v) is 5.39. The van der Waals surface area contributed by atoms with Crippen molar-refractivity contribution in [3.8, 4) is 0 Å². The zero-order valence-corrected chi connectivity index (χ0v) is 20.3. The summed E-state index contributed by atoms with van der Waals surface area (Å²) in [5.74, 6) is -3.44. The van der Waals surface area contributed by atoms with Crippen LogP contribution in [0, 0.1) is 11.8 Å². The number of H-pyrrole nitrogens is 1. The Hall–Kier alpha value is -2.99. The molecule has 1 rings (SSSR count). The van der Waals surface area contributed by atoms with Crippen molar-refractivity contribution >= 4 is 23.7 Å². The van der Waals surface area contributed by atoms with Crippen molar-refractivity contribution < 1.29 is 24.3 Å². The van der Waals surface area contributed by atoms with Crippen LogP contribution >= 0.6 is 0 Å². The number of imidazole rings is 1. The van der Waals surface area contributed by atoms with Crippen LogP contribution in [0.2, 0.25) is 0 Å². The molecule has 12 nitrogen and oxygen atoms in total. The van der Waals surface area contributed by atoms with Gasteiger partial charge in [-0.05, 0) is 37.6 Å². The molecule has 0 bridgehead atoms. The molecule has 0 spiro atoms. The summed E-state index contributed by atoms with van der Waals surface area (Å²) in [6, 6.07) is -3.91. The number of carboxylic acid groups (broad SMARTS) is 1. The maximum atomic E-state index is 13.0. The van der Waals surface area contributed by atoms with E-state index in [0.717, 1.165) is 0 Å². The Morgan fingerprint density at radius 3 is 2.00 bits per heavy atom. The zero-order chi connectivity index (χ0) is 25.8. The molecule has 0 saturated heterocycles. The number of nitrogens with zero attached hydrogens (tertiary/aromatic N) is 1. The minimum absolute atomic E-state index is 0.218. The summed E-state index contributed by atoms with van der Waals surface area (Å²) in [6.07, 6.45) is 4.68. The van der Waals surface area contributed by atoms with Gasteiger partial charge < -0.3 is 37.5 Å². The lowest BCUT2D eigenvalue weighted by molar-refractivity contribution is -0.143. The lowest BCUT2D eigenvalue weighted by atomic mass is 9.98. The summed E-state index contributed by atoms with van der Waals surface area (Å²) in [5.41, 5.74) is 12.1. The van der Waals surface area contributed by atoms with E-state index < -0.39 is 47.9 Å². The van der Waals surface area contributed by atoms with Gasteiger partial charge in [-0.2, -0.15) is 0 Å². The van der Waals surface area contributed by atoms with Crippen LogP contribution in [0.5, 0.6) is 0 Å². The highest BCUT2D eigenvalue weighted by atomic mass is 16.4. The molecule has 3 amide bonds. The van der Waals surface area contributed by atoms with E-state index in [1.807, 2.05) is 0 Å². The van der Waals surface area contributed by atoms with Crippen LogP contribution in [0.4, 0.5) is 0 Å². The minimum Gasteiger partial charge on any atom is -0.480 e. The molecule has 9 N–H and O–H groups in total. The molecule has 1 heterocycles. The second-order valence-electron chi connectivity index (χ2n) is 9.03. The number of carboxylic acids is 1. The highest BCUT2D eigenvalue weighted by Gasteiger charge is 2.33. The number of aliphatic carboxylic acids is 1. The van der Waals surface area contributed by atoms with Crippen molar-refractivity contribution in [1.29, 1.82) is 0 Å². The van der Waals surface area contributed by atoms with Gasteiger partial charge in [0.25, 0.3) is 0 Å². The number of nitrogens with two attached hydrogens (primary N) is 2. The molecular formula is C22H39N7O5. The molecule has 34 heavy (non-hydrogen) atoms. The molecule has 0 aliphatic carbocycles. The van der Waals surface area contributed by atoms with Crippen LogP contribution in [0.25, 0.3) is 0 Å². The van der Waals surface area contributed by atoms with Gasteiger partial charge in [-0.3, -0.25) is 14.4 Å². The number of aromatic amines is 1. The van der Waals surface area contributed by atoms with Gasteiger partial charge in [0.15, 0.2) is 0 Å². The highest BCUT2D eigenvalue weighted by molar-refractivity contribution is 5.94. The fourth-order valence-electron chi connectivity index (χ4n) is 3.31. The number of rotatable bonds is 15. The molecule has 4 unspecified atom stereocenters. The molecule has 0 aliphatic heterocycles. The molecule has 0 saturated carbocycles. The Morgan fingerprint density at radius 1 is 0.971 bits per heavy atom. The number of amides is 3. The molecule has 4 atom stereocenters. The van der Waals surface area contributed by atoms with Crippen molar-refractivity contribution in [2.24, 2.45) is 23.3 Å². The molecule has 0 aliphatic rings. The molecule has 0 radical (unpaired) electrons. The molecule has 192 valence electrons. The second kappa shape index (κ2) is 14.3. The van der Waals surface area contributed by atoms with Crippen LogP contribution in [0.15, 0.2) is 12.5 Å². The summed E-state index contributed by atoms with van der Waals surface area (Å²) in [7, 11) is 0. The first kappa shape index (κ1) is 29.0. The quantitative estimate of drug-likeness (QED) is 0.158. The topological polar surface area (TPSA) is 205 Å². The summed E-state index contributed by atoms with van der Waals surface area (Å²) in [6.45, 7) is 7.41. The summed E-state index contributed by atoms with van der Waals surface area (Å²) in [4.78, 5) is 56.7. The predicted molar refractivity (Wildman–Crippen MR) is 126 cm³/mol. The Bertz CT molecular complexity index is 798. The van der Waals surface area contributed by atoms with Crippen LogP contribution in [0.3, 0.4) is 0 Å². The van der Waals surface area contributed by atoms with E-state index >= 15 is 0 Å². The van der Waals surface area contributed by atoms with E-state index in [2.05, 4.69) is 25.9 Å². The fourth-order valence-corrected chi connectivity index (χ4v) is 3.31. The lowest BCUT2D eigenvalue weighted by Gasteiger charge is -2.28. The van der Waals surface area contributed by atoms with E-state index in [0.29, 0.717) is 25.1 Å². The number of carbonyl (C=O) groups excluding carboxylic acids is 3. The van der Waals surface area contributed by atoms with E-state index in [1.165, 1.54) is 6.33 Å². The normalized spacial score (nSPS) is 14.8. The van der Waals surface area contributed by atoms with Crippen LogP contribution in [-0.2, 0) is 25.6 Å². The average Bonchev–Trinajstić information content (AvgIpc) is 3.27. The van der Waals surface area contributed by atoms with Gasteiger partial charge in [-0.25, -0.2) is 9.78 Å². The van der Waals surface area contributed by atoms with E-state index in [1.54, 1.807) is 33.9 Å². The molecule has 1 aromatic rings. The zero-order valence-electron chi connectivity index (χ0n) is 20.3. The first-order chi connectivity index (χ1) is 16.0. The van der Waals surface area contributed by atoms with E-state index in [-0.39, 0.29) is 24.7 Å². The molecule has 0 aromatic carbocycles. The Morgan fingerprint density at radius 2 is 1.53 bits per heavy atom. The number of aromatic nitrogens is 2. The van der Waals surface area contributed by atoms with Crippen molar-refractivity contribution in [1.82, 2.24) is 25.9 Å². The molecule has 1 aromatic heterocycles. The largest absolute Gasteiger partial charge is 0.480 e. The molecule has 0 fully saturated rings. The predicted octanol–water partition coefficient (Wildman–Crippen LogP) is -0.740. The first-order valence-corrected chi connectivity index (χ1v) is 11.5. The summed E-state index contributed by atoms with van der Waals surface area (Å²) < 4.78 is 0. The van der Waals surface area contributed by atoms with Crippen molar-refractivity contribution in [2.45, 2.75) is 77.5 Å². The first-order valence-electron chi connectivity index (χ1n) is 11.5. The Labute approximate surface area is 200 Å². The SMILES string of the molecule is CC(C)C(NC(=O)C(N)Cc1cnc[nH]1)C(=O)NC(C(=O)NC(CCCCN)C(=O)O)C(C)C. The van der Waals surface area contributed by atoms with E-state index in [9.17, 15) is 24.3 Å². The van der Waals surface area contributed by atoms with Gasteiger partial charge >= 0.3 is 5.97 Å². The third-order valence-electron chi connectivity index (χ3n) is 5.39. The van der Waals surface area contributed by atoms with Gasteiger partial charge in [0.05, 0.1) is 12.4 Å². The van der Waals surface area contributed by atoms with Gasteiger partial charge in [-0.15, -0.1) is 0 Å². The lowest BCUT2D eigenvalue weighted by Crippen LogP contribution is -2.59. The van der Waals surface area contributed by atoms with Gasteiger partial charge in [-0.1, -0.05) is 27.7 Å². The number of unbranched alkanes of at least 4 members (excludes halogenated alkanes) is 1. The standard InChI is InChI=1S/C22H39N7O5/c1-12(2)17(20(31)27-16(22(33)34)7-5-6-8-23)29-21(32)18(13(3)4)28-19(30)15(24)9-14-10-25-11-26-14/h10-13,15-18H,5-9,23-24H2,1-4H3,(H,25,26)(H,27,31)(H,28,30)(H,29,32)(H,33,34). The number of carbonyl (C=O) groups is 4. The van der Waals surface area contributed by atoms with Gasteiger partial charge in [0, 0.05) is 18.3 Å². The van der Waals surface area contributed by atoms with Crippen molar-refractivity contribution in [2.75, 3.05) is 6.54 Å². The monoisotopic (exact) mass is 481 g/mol. The van der Waals surface area contributed by atoms with Gasteiger partial charge in [0.1, 0.15) is 18.1 Å². The maximum absolute atomic E-state index is 13.0. The smallest absolute Gasteiger partial charge is 0.326 e. The Balaban J connectivity index is 2.83. The van der Waals surface area contributed by atoms with Crippen molar-refractivity contribution in [3.63, 3.8) is 0 Å². The second-order valence-corrected chi connectivity index (χ2v) is 9.03. The van der Waals surface area contributed by atoms with Crippen molar-refractivity contribution in [3.05, 3.63) is 18.2 Å². The van der Waals surface area contributed by atoms with Crippen LogP contribution in [0.1, 0.15) is 52.7 Å². The van der Waals surface area contributed by atoms with E-state index in [4.69, 9.17) is 11.5 Å². The number of nitrogens with one attached hydrogen (secondary N) is 4.